The van der Waals surface area contributed by atoms with Crippen molar-refractivity contribution in [2.45, 2.75) is 5.60 Å². The molecule has 3 heteroatoms. The average molecular weight is 193 g/mol. The van der Waals surface area contributed by atoms with Crippen molar-refractivity contribution >= 4 is 0 Å². The number of hydrogen-bond donors (Lipinski definition) is 1. The van der Waals surface area contributed by atoms with Crippen LogP contribution in [0.5, 0.6) is 0 Å². The van der Waals surface area contributed by atoms with Crippen molar-refractivity contribution in [3.63, 3.8) is 0 Å². The highest BCUT2D eigenvalue weighted by Gasteiger charge is 2.39. The first-order chi connectivity index (χ1) is 6.87. The monoisotopic (exact) mass is 193 g/mol. The second kappa shape index (κ2) is 4.09. The third kappa shape index (κ3) is 1.66. The minimum Gasteiger partial charge on any atom is -0.359 e. The summed E-state index contributed by atoms with van der Waals surface area (Å²) >= 11 is 0. The van der Waals surface area contributed by atoms with E-state index in [0.29, 0.717) is 6.79 Å². The summed E-state index contributed by atoms with van der Waals surface area (Å²) < 4.78 is 10.7. The molecule has 76 valence electrons. The molecule has 1 N–H and O–H groups in total. The minimum atomic E-state index is -0.169. The number of benzene rings is 1. The molecule has 14 heavy (non-hydrogen) atoms. The lowest BCUT2D eigenvalue weighted by Gasteiger charge is -2.42. The van der Waals surface area contributed by atoms with Crippen LogP contribution in [-0.2, 0) is 15.1 Å². The number of hydrogen-bond acceptors (Lipinski definition) is 3. The molecule has 1 aromatic rings. The van der Waals surface area contributed by atoms with Gasteiger partial charge >= 0.3 is 0 Å². The van der Waals surface area contributed by atoms with Crippen LogP contribution in [0, 0.1) is 0 Å². The number of rotatable bonds is 4. The van der Waals surface area contributed by atoms with Crippen LogP contribution in [0.2, 0.25) is 0 Å². The first kappa shape index (κ1) is 9.65. The Morgan fingerprint density at radius 2 is 2.00 bits per heavy atom. The molecule has 0 spiro atoms. The van der Waals surface area contributed by atoms with Gasteiger partial charge in [0.15, 0.2) is 0 Å². The van der Waals surface area contributed by atoms with Crippen molar-refractivity contribution in [2.75, 3.05) is 27.0 Å². The summed E-state index contributed by atoms with van der Waals surface area (Å²) in [4.78, 5) is 0. The largest absolute Gasteiger partial charge is 0.359 e. The topological polar surface area (TPSA) is 30.5 Å². The molecule has 0 amide bonds. The van der Waals surface area contributed by atoms with E-state index in [0.717, 1.165) is 13.1 Å². The molecule has 1 aromatic carbocycles. The van der Waals surface area contributed by atoms with Crippen LogP contribution >= 0.6 is 0 Å². The van der Waals surface area contributed by atoms with Gasteiger partial charge in [0.25, 0.3) is 0 Å². The first-order valence-electron chi connectivity index (χ1n) is 4.76. The lowest BCUT2D eigenvalue weighted by Crippen LogP contribution is -2.58. The van der Waals surface area contributed by atoms with Gasteiger partial charge in [0, 0.05) is 20.2 Å². The Balaban J connectivity index is 2.12. The predicted octanol–water partition coefficient (Wildman–Crippen LogP) is 1.11. The van der Waals surface area contributed by atoms with Crippen LogP contribution in [0.15, 0.2) is 30.3 Å². The van der Waals surface area contributed by atoms with Crippen molar-refractivity contribution in [3.05, 3.63) is 35.9 Å². The van der Waals surface area contributed by atoms with Gasteiger partial charge in [0.1, 0.15) is 12.4 Å². The quantitative estimate of drug-likeness (QED) is 0.726. The van der Waals surface area contributed by atoms with E-state index in [9.17, 15) is 0 Å². The molecular weight excluding hydrogens is 178 g/mol. The van der Waals surface area contributed by atoms with E-state index in [4.69, 9.17) is 9.47 Å². The lowest BCUT2D eigenvalue weighted by atomic mass is 9.88. The van der Waals surface area contributed by atoms with E-state index >= 15 is 0 Å². The first-order valence-corrected chi connectivity index (χ1v) is 4.76. The summed E-state index contributed by atoms with van der Waals surface area (Å²) in [6.07, 6.45) is 0. The Hall–Kier alpha value is -0.900. The van der Waals surface area contributed by atoms with Gasteiger partial charge in [0.2, 0.25) is 0 Å². The summed E-state index contributed by atoms with van der Waals surface area (Å²) in [6, 6.07) is 10.3. The fourth-order valence-corrected chi connectivity index (χ4v) is 1.66. The highest BCUT2D eigenvalue weighted by Crippen LogP contribution is 2.29. The Morgan fingerprint density at radius 1 is 1.29 bits per heavy atom. The normalized spacial score (nSPS) is 18.9. The summed E-state index contributed by atoms with van der Waals surface area (Å²) in [5.41, 5.74) is 1.05. The fourth-order valence-electron chi connectivity index (χ4n) is 1.66. The van der Waals surface area contributed by atoms with Gasteiger partial charge in [-0.25, -0.2) is 0 Å². The predicted molar refractivity (Wildman–Crippen MR) is 54.0 cm³/mol. The molecule has 1 heterocycles. The van der Waals surface area contributed by atoms with Crippen LogP contribution in [-0.4, -0.2) is 27.0 Å². The number of methoxy groups -OCH3 is 1. The highest BCUT2D eigenvalue weighted by molar-refractivity contribution is 5.26. The van der Waals surface area contributed by atoms with Gasteiger partial charge in [-0.05, 0) is 5.56 Å². The second-order valence-corrected chi connectivity index (χ2v) is 3.51. The lowest BCUT2D eigenvalue weighted by molar-refractivity contribution is -0.157. The molecule has 1 aliphatic rings. The molecule has 2 rings (SSSR count). The van der Waals surface area contributed by atoms with E-state index in [1.807, 2.05) is 18.2 Å². The number of ether oxygens (including phenoxy) is 2. The zero-order chi connectivity index (χ0) is 9.86. The van der Waals surface area contributed by atoms with E-state index in [1.54, 1.807) is 7.11 Å². The van der Waals surface area contributed by atoms with Crippen LogP contribution in [0.25, 0.3) is 0 Å². The van der Waals surface area contributed by atoms with Crippen molar-refractivity contribution in [1.82, 2.24) is 5.32 Å². The van der Waals surface area contributed by atoms with Gasteiger partial charge in [0.05, 0.1) is 0 Å². The smallest absolute Gasteiger partial charge is 0.147 e. The van der Waals surface area contributed by atoms with E-state index in [2.05, 4.69) is 17.4 Å². The molecule has 0 bridgehead atoms. The molecule has 0 aliphatic carbocycles. The second-order valence-electron chi connectivity index (χ2n) is 3.51. The van der Waals surface area contributed by atoms with E-state index in [1.165, 1.54) is 5.56 Å². The maximum atomic E-state index is 5.72. The molecule has 0 unspecified atom stereocenters. The Morgan fingerprint density at radius 3 is 2.50 bits per heavy atom. The highest BCUT2D eigenvalue weighted by atomic mass is 16.7. The van der Waals surface area contributed by atoms with Gasteiger partial charge < -0.3 is 14.8 Å². The molecule has 1 aliphatic heterocycles. The van der Waals surface area contributed by atoms with Crippen molar-refractivity contribution < 1.29 is 9.47 Å². The Labute approximate surface area is 84.0 Å². The fraction of sp³-hybridized carbons (Fsp3) is 0.455. The van der Waals surface area contributed by atoms with Crippen LogP contribution < -0.4 is 5.32 Å². The zero-order valence-corrected chi connectivity index (χ0v) is 8.32. The Bertz CT molecular complexity index is 283. The summed E-state index contributed by atoms with van der Waals surface area (Å²) in [7, 11) is 1.64. The van der Waals surface area contributed by atoms with Gasteiger partial charge in [-0.1, -0.05) is 30.3 Å². The van der Waals surface area contributed by atoms with Gasteiger partial charge in [-0.3, -0.25) is 0 Å². The van der Waals surface area contributed by atoms with Gasteiger partial charge in [-0.2, -0.15) is 0 Å². The van der Waals surface area contributed by atoms with Gasteiger partial charge in [-0.15, -0.1) is 0 Å². The minimum absolute atomic E-state index is 0.169. The third-order valence-electron chi connectivity index (χ3n) is 2.57. The van der Waals surface area contributed by atoms with Crippen LogP contribution in [0.1, 0.15) is 5.56 Å². The van der Waals surface area contributed by atoms with Crippen molar-refractivity contribution in [3.8, 4) is 0 Å². The summed E-state index contributed by atoms with van der Waals surface area (Å²) in [5, 5.41) is 3.23. The summed E-state index contributed by atoms with van der Waals surface area (Å²) in [6.45, 7) is 2.07. The maximum Gasteiger partial charge on any atom is 0.147 e. The Kier molecular flexibility index (Phi) is 2.82. The maximum absolute atomic E-state index is 5.72. The third-order valence-corrected chi connectivity index (χ3v) is 2.57. The SMILES string of the molecule is COCOC1(c2ccccc2)CNC1. The summed E-state index contributed by atoms with van der Waals surface area (Å²) in [5.74, 6) is 0. The van der Waals surface area contributed by atoms with Crippen molar-refractivity contribution in [1.29, 1.82) is 0 Å². The standard InChI is InChI=1S/C11H15NO2/c1-13-9-14-11(7-12-8-11)10-5-3-2-4-6-10/h2-6,12H,7-9H2,1H3. The molecule has 0 aromatic heterocycles. The van der Waals surface area contributed by atoms with Crippen LogP contribution in [0.3, 0.4) is 0 Å². The molecular formula is C11H15NO2. The number of nitrogens with one attached hydrogen (secondary N) is 1. The molecule has 1 fully saturated rings. The van der Waals surface area contributed by atoms with Crippen LogP contribution in [0.4, 0.5) is 0 Å². The molecule has 0 radical (unpaired) electrons. The molecule has 0 atom stereocenters. The van der Waals surface area contributed by atoms with E-state index < -0.39 is 0 Å². The van der Waals surface area contributed by atoms with Crippen molar-refractivity contribution in [2.24, 2.45) is 0 Å². The average Bonchev–Trinajstić information content (AvgIpc) is 2.18. The molecule has 1 saturated heterocycles. The molecule has 3 nitrogen and oxygen atoms in total. The van der Waals surface area contributed by atoms with E-state index in [-0.39, 0.29) is 5.60 Å². The molecule has 0 saturated carbocycles. The zero-order valence-electron chi connectivity index (χ0n) is 8.32.